The minimum atomic E-state index is -2.87. The molecule has 0 spiro atoms. The van der Waals surface area contributed by atoms with Crippen LogP contribution in [0.3, 0.4) is 0 Å². The number of hydrogen-bond donors (Lipinski definition) is 0. The van der Waals surface area contributed by atoms with E-state index in [0.717, 1.165) is 15.9 Å². The van der Waals surface area contributed by atoms with Crippen LogP contribution in [0, 0.1) is 5.92 Å². The van der Waals surface area contributed by atoms with Crippen molar-refractivity contribution in [1.82, 2.24) is 4.90 Å². The molecule has 1 saturated heterocycles. The Bertz CT molecular complexity index is 1250. The first-order valence-electron chi connectivity index (χ1n) is 14.2. The zero-order chi connectivity index (χ0) is 29.5. The zero-order valence-corrected chi connectivity index (χ0v) is 25.5. The van der Waals surface area contributed by atoms with Crippen LogP contribution >= 0.6 is 0 Å². The molecule has 41 heavy (non-hydrogen) atoms. The number of esters is 1. The van der Waals surface area contributed by atoms with Crippen LogP contribution in [0.5, 0.6) is 0 Å². The van der Waals surface area contributed by atoms with E-state index in [9.17, 15) is 9.59 Å². The molecule has 3 aromatic carbocycles. The van der Waals surface area contributed by atoms with Crippen LogP contribution < -0.4 is 10.4 Å². The van der Waals surface area contributed by atoms with Gasteiger partial charge in [-0.15, -0.1) is 6.58 Å². The van der Waals surface area contributed by atoms with Crippen molar-refractivity contribution in [2.75, 3.05) is 13.7 Å². The van der Waals surface area contributed by atoms with Crippen molar-refractivity contribution >= 4 is 30.8 Å². The Morgan fingerprint density at radius 2 is 1.44 bits per heavy atom. The maximum Gasteiger partial charge on any atom is 0.411 e. The quantitative estimate of drug-likeness (QED) is 0.187. The van der Waals surface area contributed by atoms with E-state index < -0.39 is 26.4 Å². The average Bonchev–Trinajstić information content (AvgIpc) is 3.00. The molecule has 1 aliphatic rings. The number of likely N-dealkylation sites (tertiary alicyclic amines) is 1. The number of methoxy groups -OCH3 is 1. The third-order valence-corrected chi connectivity index (χ3v) is 13.0. The number of amides is 1. The fraction of sp³-hybridized carbons (Fsp3) is 0.353. The normalized spacial score (nSPS) is 19.3. The van der Waals surface area contributed by atoms with Crippen LogP contribution in [0.25, 0.3) is 0 Å². The molecule has 0 unspecified atom stereocenters. The Labute approximate surface area is 245 Å². The molecule has 1 amide bonds. The molecule has 4 rings (SSSR count). The summed E-state index contributed by atoms with van der Waals surface area (Å²) in [5.41, 5.74) is 0.868. The highest BCUT2D eigenvalue weighted by Crippen LogP contribution is 2.38. The van der Waals surface area contributed by atoms with Gasteiger partial charge in [0.25, 0.3) is 8.32 Å². The van der Waals surface area contributed by atoms with Crippen LogP contribution in [0.15, 0.2) is 104 Å². The highest BCUT2D eigenvalue weighted by atomic mass is 28.4. The van der Waals surface area contributed by atoms with E-state index in [1.807, 2.05) is 66.7 Å². The van der Waals surface area contributed by atoms with E-state index in [4.69, 9.17) is 13.9 Å². The smallest absolute Gasteiger partial charge is 0.411 e. The summed E-state index contributed by atoms with van der Waals surface area (Å²) in [6.45, 7) is 11.0. The van der Waals surface area contributed by atoms with Gasteiger partial charge in [0.05, 0.1) is 19.8 Å². The first-order valence-corrected chi connectivity index (χ1v) is 16.1. The predicted molar refractivity (Wildman–Crippen MR) is 165 cm³/mol. The molecule has 0 N–H and O–H groups in total. The summed E-state index contributed by atoms with van der Waals surface area (Å²) in [4.78, 5) is 28.4. The van der Waals surface area contributed by atoms with Gasteiger partial charge in [-0.2, -0.15) is 0 Å². The molecule has 3 aromatic rings. The number of hydrogen-bond acceptors (Lipinski definition) is 5. The largest absolute Gasteiger partial charge is 0.467 e. The Kier molecular flexibility index (Phi) is 9.84. The SMILES string of the molecule is C=C[C@@H]1CC[C@@H](CO[Si](c2ccccc2)(c2ccccc2)C(C)(C)C)N(C(=O)OCc2ccccc2)[C@H]1C(=O)OC. The van der Waals surface area contributed by atoms with Gasteiger partial charge >= 0.3 is 12.1 Å². The van der Waals surface area contributed by atoms with Crippen molar-refractivity contribution in [3.8, 4) is 0 Å². The highest BCUT2D eigenvalue weighted by Gasteiger charge is 2.52. The van der Waals surface area contributed by atoms with Crippen molar-refractivity contribution in [2.24, 2.45) is 5.92 Å². The van der Waals surface area contributed by atoms with Crippen molar-refractivity contribution < 1.29 is 23.5 Å². The monoisotopic (exact) mass is 571 g/mol. The topological polar surface area (TPSA) is 65.1 Å². The van der Waals surface area contributed by atoms with Gasteiger partial charge < -0.3 is 13.9 Å². The summed E-state index contributed by atoms with van der Waals surface area (Å²) in [6, 6.07) is 29.1. The first kappa shape index (κ1) is 30.3. The Morgan fingerprint density at radius 1 is 0.902 bits per heavy atom. The minimum Gasteiger partial charge on any atom is -0.467 e. The van der Waals surface area contributed by atoms with E-state index in [1.165, 1.54) is 7.11 Å². The lowest BCUT2D eigenvalue weighted by atomic mass is 9.85. The van der Waals surface area contributed by atoms with E-state index in [1.54, 1.807) is 11.0 Å². The van der Waals surface area contributed by atoms with Crippen LogP contribution in [-0.2, 0) is 25.3 Å². The maximum atomic E-state index is 13.8. The second kappa shape index (κ2) is 13.3. The van der Waals surface area contributed by atoms with Gasteiger partial charge in [0.2, 0.25) is 0 Å². The number of piperidine rings is 1. The number of rotatable bonds is 9. The first-order chi connectivity index (χ1) is 19.7. The van der Waals surface area contributed by atoms with E-state index >= 15 is 0 Å². The van der Waals surface area contributed by atoms with Crippen LogP contribution in [0.4, 0.5) is 4.79 Å². The molecule has 7 heteroatoms. The maximum absolute atomic E-state index is 13.8. The van der Waals surface area contributed by atoms with Gasteiger partial charge in [-0.1, -0.05) is 118 Å². The lowest BCUT2D eigenvalue weighted by molar-refractivity contribution is -0.151. The van der Waals surface area contributed by atoms with Gasteiger partial charge in [0, 0.05) is 5.92 Å². The number of nitrogens with zero attached hydrogens (tertiary/aromatic N) is 1. The second-order valence-corrected chi connectivity index (χ2v) is 15.8. The van der Waals surface area contributed by atoms with Crippen molar-refractivity contribution in [3.63, 3.8) is 0 Å². The fourth-order valence-electron chi connectivity index (χ4n) is 5.97. The second-order valence-electron chi connectivity index (χ2n) is 11.5. The Hall–Kier alpha value is -3.68. The van der Waals surface area contributed by atoms with Gasteiger partial charge in [0.1, 0.15) is 12.6 Å². The van der Waals surface area contributed by atoms with Gasteiger partial charge in [-0.3, -0.25) is 4.90 Å². The molecule has 3 atom stereocenters. The summed E-state index contributed by atoms with van der Waals surface area (Å²) < 4.78 is 18.2. The molecule has 0 aliphatic carbocycles. The summed E-state index contributed by atoms with van der Waals surface area (Å²) in [6.07, 6.45) is 2.49. The molecule has 216 valence electrons. The summed E-state index contributed by atoms with van der Waals surface area (Å²) in [5.74, 6) is -0.738. The Morgan fingerprint density at radius 3 is 1.93 bits per heavy atom. The van der Waals surface area contributed by atoms with Gasteiger partial charge in [-0.05, 0) is 33.8 Å². The molecule has 0 saturated carbocycles. The van der Waals surface area contributed by atoms with Crippen LogP contribution in [0.1, 0.15) is 39.2 Å². The molecule has 1 fully saturated rings. The standard InChI is InChI=1S/C34H41NO5Si/c1-6-27-22-23-28(35(31(27)32(36)38-5)33(37)39-24-26-16-10-7-11-17-26)25-40-41(34(2,3)4,29-18-12-8-13-19-29)30-20-14-9-15-21-30/h6-21,27-28,31H,1,22-25H2,2-5H3/t27-,28+,31-/m1/s1. The number of ether oxygens (including phenoxy) is 2. The summed E-state index contributed by atoms with van der Waals surface area (Å²) in [5, 5.41) is 2.08. The lowest BCUT2D eigenvalue weighted by Gasteiger charge is -2.47. The summed E-state index contributed by atoms with van der Waals surface area (Å²) >= 11 is 0. The van der Waals surface area contributed by atoms with E-state index in [2.05, 4.69) is 51.6 Å². The third-order valence-electron chi connectivity index (χ3n) is 8.00. The highest BCUT2D eigenvalue weighted by molar-refractivity contribution is 6.99. The molecule has 1 aliphatic heterocycles. The lowest BCUT2D eigenvalue weighted by Crippen LogP contribution is -2.68. The number of carbonyl (C=O) groups is 2. The molecule has 0 radical (unpaired) electrons. The number of carbonyl (C=O) groups excluding carboxylic acids is 2. The van der Waals surface area contributed by atoms with Gasteiger partial charge in [-0.25, -0.2) is 9.59 Å². The molecule has 0 aromatic heterocycles. The van der Waals surface area contributed by atoms with E-state index in [0.29, 0.717) is 12.8 Å². The molecular formula is C34H41NO5Si. The van der Waals surface area contributed by atoms with Gasteiger partial charge in [0.15, 0.2) is 0 Å². The van der Waals surface area contributed by atoms with Crippen LogP contribution in [-0.4, -0.2) is 51.1 Å². The molecule has 1 heterocycles. The minimum absolute atomic E-state index is 0.102. The number of benzene rings is 3. The fourth-order valence-corrected chi connectivity index (χ4v) is 10.6. The zero-order valence-electron chi connectivity index (χ0n) is 24.5. The molecule has 6 nitrogen and oxygen atoms in total. The summed E-state index contributed by atoms with van der Waals surface area (Å²) in [7, 11) is -1.52. The average molecular weight is 572 g/mol. The molecule has 0 bridgehead atoms. The van der Waals surface area contributed by atoms with Crippen molar-refractivity contribution in [1.29, 1.82) is 0 Å². The van der Waals surface area contributed by atoms with Crippen LogP contribution in [0.2, 0.25) is 5.04 Å². The van der Waals surface area contributed by atoms with Crippen molar-refractivity contribution in [3.05, 3.63) is 109 Å². The van der Waals surface area contributed by atoms with Crippen molar-refractivity contribution in [2.45, 2.75) is 57.3 Å². The third kappa shape index (κ3) is 6.47. The predicted octanol–water partition coefficient (Wildman–Crippen LogP) is 5.71. The van der Waals surface area contributed by atoms with E-state index in [-0.39, 0.29) is 30.2 Å². The Balaban J connectivity index is 1.71. The molecular weight excluding hydrogens is 530 g/mol.